The molecule has 0 aliphatic rings. The molecule has 0 aromatic carbocycles. The molecule has 0 spiro atoms. The number of aryl methyl sites for hydroxylation is 1. The summed E-state index contributed by atoms with van der Waals surface area (Å²) in [6, 6.07) is 1.72. The van der Waals surface area contributed by atoms with E-state index in [-0.39, 0.29) is 11.8 Å². The highest BCUT2D eigenvalue weighted by molar-refractivity contribution is 6.34. The highest BCUT2D eigenvalue weighted by Crippen LogP contribution is 2.23. The maximum atomic E-state index is 12.3. The van der Waals surface area contributed by atoms with Gasteiger partial charge in [-0.05, 0) is 26.8 Å². The number of ketones is 1. The lowest BCUT2D eigenvalue weighted by Crippen LogP contribution is -2.14. The van der Waals surface area contributed by atoms with Crippen molar-refractivity contribution >= 4 is 17.4 Å². The van der Waals surface area contributed by atoms with Gasteiger partial charge in [0.05, 0.1) is 23.0 Å². The van der Waals surface area contributed by atoms with Crippen LogP contribution in [-0.4, -0.2) is 15.6 Å². The van der Waals surface area contributed by atoms with Crippen molar-refractivity contribution < 1.29 is 9.21 Å². The van der Waals surface area contributed by atoms with Crippen LogP contribution < -0.4 is 0 Å². The maximum absolute atomic E-state index is 12.3. The number of hydrogen-bond donors (Lipinski definition) is 0. The fourth-order valence-corrected chi connectivity index (χ4v) is 1.91. The minimum Gasteiger partial charge on any atom is -0.469 e. The molecule has 2 aromatic heterocycles. The van der Waals surface area contributed by atoms with E-state index in [0.29, 0.717) is 22.0 Å². The van der Waals surface area contributed by atoms with Crippen LogP contribution in [0.2, 0.25) is 5.02 Å². The molecule has 4 nitrogen and oxygen atoms in total. The van der Waals surface area contributed by atoms with Gasteiger partial charge in [-0.2, -0.15) is 5.10 Å². The van der Waals surface area contributed by atoms with Crippen molar-refractivity contribution in [1.29, 1.82) is 0 Å². The number of rotatable bonds is 3. The van der Waals surface area contributed by atoms with E-state index in [0.717, 1.165) is 0 Å². The molecule has 0 aliphatic carbocycles. The van der Waals surface area contributed by atoms with Crippen molar-refractivity contribution in [1.82, 2.24) is 9.78 Å². The standard InChI is InChI=1S/C12H13ClN2O2/c1-7(2)15-11(10(13)6-14-15)12(16)9-4-5-17-8(9)3/h4-7H,1-3H3. The molecular formula is C12H13ClN2O2. The summed E-state index contributed by atoms with van der Waals surface area (Å²) in [5.74, 6) is 0.426. The number of aromatic nitrogens is 2. The zero-order valence-electron chi connectivity index (χ0n) is 9.90. The molecule has 2 heterocycles. The molecule has 0 radical (unpaired) electrons. The van der Waals surface area contributed by atoms with Gasteiger partial charge in [-0.1, -0.05) is 11.6 Å². The van der Waals surface area contributed by atoms with E-state index in [4.69, 9.17) is 16.0 Å². The maximum Gasteiger partial charge on any atom is 0.216 e. The smallest absolute Gasteiger partial charge is 0.216 e. The van der Waals surface area contributed by atoms with E-state index >= 15 is 0 Å². The lowest BCUT2D eigenvalue weighted by Gasteiger charge is -2.09. The summed E-state index contributed by atoms with van der Waals surface area (Å²) in [5, 5.41) is 4.47. The lowest BCUT2D eigenvalue weighted by atomic mass is 10.1. The van der Waals surface area contributed by atoms with E-state index < -0.39 is 0 Å². The van der Waals surface area contributed by atoms with E-state index in [1.165, 1.54) is 12.5 Å². The minimum absolute atomic E-state index is 0.0775. The van der Waals surface area contributed by atoms with Crippen molar-refractivity contribution in [3.8, 4) is 0 Å². The third-order valence-corrected chi connectivity index (χ3v) is 2.84. The van der Waals surface area contributed by atoms with E-state index in [2.05, 4.69) is 5.10 Å². The second kappa shape index (κ2) is 4.37. The van der Waals surface area contributed by atoms with Crippen LogP contribution in [0, 0.1) is 6.92 Å². The summed E-state index contributed by atoms with van der Waals surface area (Å²) in [7, 11) is 0. The quantitative estimate of drug-likeness (QED) is 0.788. The molecule has 0 fully saturated rings. The zero-order valence-corrected chi connectivity index (χ0v) is 10.7. The Morgan fingerprint density at radius 1 is 1.53 bits per heavy atom. The summed E-state index contributed by atoms with van der Waals surface area (Å²) >= 11 is 6.02. The molecule has 90 valence electrons. The van der Waals surface area contributed by atoms with Crippen LogP contribution >= 0.6 is 11.6 Å². The fourth-order valence-electron chi connectivity index (χ4n) is 1.69. The third-order valence-electron chi connectivity index (χ3n) is 2.56. The van der Waals surface area contributed by atoms with Crippen LogP contribution in [-0.2, 0) is 0 Å². The summed E-state index contributed by atoms with van der Waals surface area (Å²) in [6.45, 7) is 5.64. The predicted molar refractivity (Wildman–Crippen MR) is 64.5 cm³/mol. The average Bonchev–Trinajstić information content (AvgIpc) is 2.83. The van der Waals surface area contributed by atoms with Crippen LogP contribution in [0.3, 0.4) is 0 Å². The molecule has 0 atom stereocenters. The Kier molecular flexibility index (Phi) is 3.07. The molecule has 5 heteroatoms. The van der Waals surface area contributed by atoms with Crippen molar-refractivity contribution in [2.24, 2.45) is 0 Å². The Bertz CT molecular complexity index is 555. The second-order valence-corrected chi connectivity index (χ2v) is 4.51. The molecule has 0 unspecified atom stereocenters. The largest absolute Gasteiger partial charge is 0.469 e. The SMILES string of the molecule is Cc1occc1C(=O)c1c(Cl)cnn1C(C)C. The third kappa shape index (κ3) is 2.00. The Hall–Kier alpha value is -1.55. The molecule has 0 saturated heterocycles. The van der Waals surface area contributed by atoms with Gasteiger partial charge in [0, 0.05) is 6.04 Å². The first kappa shape index (κ1) is 11.9. The molecule has 0 N–H and O–H groups in total. The molecule has 2 aromatic rings. The van der Waals surface area contributed by atoms with Crippen molar-refractivity contribution in [2.75, 3.05) is 0 Å². The van der Waals surface area contributed by atoms with Gasteiger partial charge in [0.1, 0.15) is 11.5 Å². The van der Waals surface area contributed by atoms with Crippen LogP contribution in [0.15, 0.2) is 22.9 Å². The van der Waals surface area contributed by atoms with Gasteiger partial charge < -0.3 is 4.42 Å². The Morgan fingerprint density at radius 2 is 2.24 bits per heavy atom. The van der Waals surface area contributed by atoms with Gasteiger partial charge in [-0.15, -0.1) is 0 Å². The molecular weight excluding hydrogens is 240 g/mol. The highest BCUT2D eigenvalue weighted by Gasteiger charge is 2.22. The van der Waals surface area contributed by atoms with Gasteiger partial charge in [0.25, 0.3) is 0 Å². The van der Waals surface area contributed by atoms with Crippen LogP contribution in [0.25, 0.3) is 0 Å². The molecule has 0 amide bonds. The summed E-state index contributed by atoms with van der Waals surface area (Å²) < 4.78 is 6.75. The number of carbonyl (C=O) groups is 1. The van der Waals surface area contributed by atoms with E-state index in [9.17, 15) is 4.79 Å². The zero-order chi connectivity index (χ0) is 12.6. The van der Waals surface area contributed by atoms with Crippen molar-refractivity contribution in [3.05, 3.63) is 40.6 Å². The lowest BCUT2D eigenvalue weighted by molar-refractivity contribution is 0.102. The summed E-state index contributed by atoms with van der Waals surface area (Å²) in [4.78, 5) is 12.3. The Balaban J connectivity index is 2.51. The molecule has 0 aliphatic heterocycles. The Morgan fingerprint density at radius 3 is 2.76 bits per heavy atom. The van der Waals surface area contributed by atoms with Gasteiger partial charge in [0.15, 0.2) is 0 Å². The number of carbonyl (C=O) groups excluding carboxylic acids is 1. The highest BCUT2D eigenvalue weighted by atomic mass is 35.5. The molecule has 0 saturated carbocycles. The number of hydrogen-bond acceptors (Lipinski definition) is 3. The summed E-state index contributed by atoms with van der Waals surface area (Å²) in [6.07, 6.45) is 2.98. The predicted octanol–water partition coefficient (Wildman–Crippen LogP) is 3.25. The van der Waals surface area contributed by atoms with E-state index in [1.807, 2.05) is 13.8 Å². The van der Waals surface area contributed by atoms with Crippen LogP contribution in [0.5, 0.6) is 0 Å². The first-order valence-electron chi connectivity index (χ1n) is 5.34. The van der Waals surface area contributed by atoms with Gasteiger partial charge in [0.2, 0.25) is 5.78 Å². The topological polar surface area (TPSA) is 48.0 Å². The number of halogens is 1. The van der Waals surface area contributed by atoms with E-state index in [1.54, 1.807) is 17.7 Å². The first-order chi connectivity index (χ1) is 8.02. The molecule has 0 bridgehead atoms. The first-order valence-corrected chi connectivity index (χ1v) is 5.72. The fraction of sp³-hybridized carbons (Fsp3) is 0.333. The molecule has 17 heavy (non-hydrogen) atoms. The second-order valence-electron chi connectivity index (χ2n) is 4.10. The average molecular weight is 253 g/mol. The molecule has 2 rings (SSSR count). The Labute approximate surface area is 104 Å². The van der Waals surface area contributed by atoms with Crippen molar-refractivity contribution in [2.45, 2.75) is 26.8 Å². The monoisotopic (exact) mass is 252 g/mol. The van der Waals surface area contributed by atoms with Crippen LogP contribution in [0.1, 0.15) is 41.7 Å². The van der Waals surface area contributed by atoms with Crippen molar-refractivity contribution in [3.63, 3.8) is 0 Å². The minimum atomic E-state index is -0.160. The van der Waals surface area contributed by atoms with Gasteiger partial charge in [-0.3, -0.25) is 9.48 Å². The van der Waals surface area contributed by atoms with Gasteiger partial charge >= 0.3 is 0 Å². The normalized spacial score (nSPS) is 11.1. The van der Waals surface area contributed by atoms with Crippen LogP contribution in [0.4, 0.5) is 0 Å². The number of furan rings is 1. The summed E-state index contributed by atoms with van der Waals surface area (Å²) in [5.41, 5.74) is 0.931. The van der Waals surface area contributed by atoms with Gasteiger partial charge in [-0.25, -0.2) is 0 Å². The number of nitrogens with zero attached hydrogens (tertiary/aromatic N) is 2.